The Morgan fingerprint density at radius 1 is 0.750 bits per heavy atom. The molecule has 0 N–H and O–H groups in total. The van der Waals surface area contributed by atoms with Gasteiger partial charge < -0.3 is 4.74 Å². The fourth-order valence-electron chi connectivity index (χ4n) is 3.56. The van der Waals surface area contributed by atoms with Crippen molar-refractivity contribution in [2.24, 2.45) is 0 Å². The summed E-state index contributed by atoms with van der Waals surface area (Å²) < 4.78 is 5.92. The van der Waals surface area contributed by atoms with Crippen LogP contribution in [0.4, 0.5) is 11.4 Å². The molecule has 10 heteroatoms. The number of aryl methyl sites for hydroxylation is 1. The minimum absolute atomic E-state index is 0.0186. The van der Waals surface area contributed by atoms with Gasteiger partial charge in [0.25, 0.3) is 11.4 Å². The van der Waals surface area contributed by atoms with Crippen molar-refractivity contribution in [3.8, 4) is 11.6 Å². The first kappa shape index (κ1) is 23.9. The summed E-state index contributed by atoms with van der Waals surface area (Å²) in [7, 11) is 0. The maximum Gasteiger partial charge on any atom is 0.270 e. The molecule has 4 rings (SSSR count). The average molecular weight is 483 g/mol. The maximum atomic E-state index is 13.5. The van der Waals surface area contributed by atoms with Gasteiger partial charge in [-0.3, -0.25) is 29.8 Å². The zero-order valence-electron chi connectivity index (χ0n) is 18.8. The van der Waals surface area contributed by atoms with E-state index in [1.807, 2.05) is 0 Å². The molecule has 3 aromatic carbocycles. The van der Waals surface area contributed by atoms with Gasteiger partial charge >= 0.3 is 0 Å². The van der Waals surface area contributed by atoms with Crippen LogP contribution in [0.15, 0.2) is 85.1 Å². The number of ketones is 2. The molecule has 0 radical (unpaired) electrons. The number of nitrogens with zero attached hydrogens (tertiary/aromatic N) is 3. The van der Waals surface area contributed by atoms with Crippen LogP contribution in [0.25, 0.3) is 0 Å². The summed E-state index contributed by atoms with van der Waals surface area (Å²) in [6.45, 7) is 1.67. The van der Waals surface area contributed by atoms with E-state index >= 15 is 0 Å². The first-order chi connectivity index (χ1) is 17.2. The Labute approximate surface area is 204 Å². The molecule has 0 aliphatic carbocycles. The van der Waals surface area contributed by atoms with Gasteiger partial charge in [-0.25, -0.2) is 4.98 Å². The van der Waals surface area contributed by atoms with Gasteiger partial charge in [-0.15, -0.1) is 0 Å². The number of hydrogen-bond acceptors (Lipinski definition) is 8. The molecule has 0 aliphatic heterocycles. The molecule has 10 nitrogen and oxygen atoms in total. The van der Waals surface area contributed by atoms with Crippen LogP contribution < -0.4 is 4.74 Å². The summed E-state index contributed by atoms with van der Waals surface area (Å²) in [5, 5.41) is 22.4. The lowest BCUT2D eigenvalue weighted by Gasteiger charge is -2.16. The zero-order chi connectivity index (χ0) is 25.8. The van der Waals surface area contributed by atoms with Gasteiger partial charge in [0.15, 0.2) is 17.3 Å². The number of ether oxygens (including phenoxy) is 1. The van der Waals surface area contributed by atoms with Crippen LogP contribution in [0.2, 0.25) is 0 Å². The zero-order valence-corrected chi connectivity index (χ0v) is 18.8. The summed E-state index contributed by atoms with van der Waals surface area (Å²) in [6.07, 6.45) is 1.47. The molecule has 0 saturated carbocycles. The highest BCUT2D eigenvalue weighted by atomic mass is 16.6. The summed E-state index contributed by atoms with van der Waals surface area (Å²) >= 11 is 0. The van der Waals surface area contributed by atoms with Crippen molar-refractivity contribution < 1.29 is 24.2 Å². The van der Waals surface area contributed by atoms with E-state index in [0.29, 0.717) is 5.56 Å². The van der Waals surface area contributed by atoms with E-state index < -0.39 is 21.4 Å². The third kappa shape index (κ3) is 4.97. The number of benzene rings is 3. The van der Waals surface area contributed by atoms with Gasteiger partial charge in [0, 0.05) is 47.7 Å². The molecule has 0 bridgehead atoms. The standard InChI is InChI=1S/C26H17N3O7/c1-16-12-21(24(30)17-6-4-8-19(14-17)28(32)33)26(36-23-10-2-3-11-27-23)22(13-16)25(31)18-7-5-9-20(15-18)29(34)35/h2-15H,1H3. The monoisotopic (exact) mass is 483 g/mol. The molecule has 4 aromatic rings. The van der Waals surface area contributed by atoms with Gasteiger partial charge in [0.1, 0.15) is 0 Å². The largest absolute Gasteiger partial charge is 0.437 e. The van der Waals surface area contributed by atoms with Crippen molar-refractivity contribution in [3.05, 3.63) is 133 Å². The SMILES string of the molecule is Cc1cc(C(=O)c2cccc([N+](=O)[O-])c2)c(Oc2ccccn2)c(C(=O)c2cccc([N+](=O)[O-])c2)c1. The van der Waals surface area contributed by atoms with Crippen LogP contribution in [0.3, 0.4) is 0 Å². The number of rotatable bonds is 8. The van der Waals surface area contributed by atoms with Crippen LogP contribution in [0.5, 0.6) is 11.6 Å². The van der Waals surface area contributed by atoms with Crippen molar-refractivity contribution in [1.82, 2.24) is 4.98 Å². The van der Waals surface area contributed by atoms with Crippen LogP contribution in [0, 0.1) is 27.2 Å². The van der Waals surface area contributed by atoms with E-state index in [0.717, 1.165) is 12.1 Å². The van der Waals surface area contributed by atoms with Crippen LogP contribution in [-0.4, -0.2) is 26.4 Å². The lowest BCUT2D eigenvalue weighted by atomic mass is 9.93. The highest BCUT2D eigenvalue weighted by Gasteiger charge is 2.26. The van der Waals surface area contributed by atoms with Gasteiger partial charge in [-0.05, 0) is 30.7 Å². The molecule has 1 aromatic heterocycles. The molecule has 0 aliphatic rings. The second kappa shape index (κ2) is 9.94. The van der Waals surface area contributed by atoms with Crippen LogP contribution >= 0.6 is 0 Å². The first-order valence-corrected chi connectivity index (χ1v) is 10.6. The van der Waals surface area contributed by atoms with E-state index in [9.17, 15) is 29.8 Å². The number of carbonyl (C=O) groups excluding carboxylic acids is 2. The van der Waals surface area contributed by atoms with E-state index in [1.165, 1.54) is 60.8 Å². The van der Waals surface area contributed by atoms with Crippen LogP contribution in [0.1, 0.15) is 37.4 Å². The second-order valence-electron chi connectivity index (χ2n) is 7.73. The van der Waals surface area contributed by atoms with E-state index in [-0.39, 0.29) is 45.3 Å². The maximum absolute atomic E-state index is 13.5. The fraction of sp³-hybridized carbons (Fsp3) is 0.0385. The molecule has 0 saturated heterocycles. The Morgan fingerprint density at radius 2 is 1.28 bits per heavy atom. The van der Waals surface area contributed by atoms with Crippen LogP contribution in [-0.2, 0) is 0 Å². The number of pyridine rings is 1. The minimum atomic E-state index is -0.615. The number of aromatic nitrogens is 1. The molecule has 36 heavy (non-hydrogen) atoms. The number of nitro groups is 2. The molecule has 0 atom stereocenters. The predicted octanol–water partition coefficient (Wildman–Crippen LogP) is 5.46. The average Bonchev–Trinajstić information content (AvgIpc) is 2.89. The number of carbonyl (C=O) groups is 2. The normalized spacial score (nSPS) is 10.5. The molecule has 0 unspecified atom stereocenters. The number of hydrogen-bond donors (Lipinski definition) is 0. The van der Waals surface area contributed by atoms with Crippen molar-refractivity contribution in [2.75, 3.05) is 0 Å². The summed E-state index contributed by atoms with van der Waals surface area (Å²) in [5.74, 6) is -1.24. The third-order valence-corrected chi connectivity index (χ3v) is 5.21. The van der Waals surface area contributed by atoms with Gasteiger partial charge in [0.2, 0.25) is 5.88 Å². The Hall–Kier alpha value is -5.25. The fourth-order valence-corrected chi connectivity index (χ4v) is 3.56. The second-order valence-corrected chi connectivity index (χ2v) is 7.73. The van der Waals surface area contributed by atoms with Gasteiger partial charge in [-0.1, -0.05) is 30.3 Å². The third-order valence-electron chi connectivity index (χ3n) is 5.21. The summed E-state index contributed by atoms with van der Waals surface area (Å²) in [4.78, 5) is 52.3. The van der Waals surface area contributed by atoms with Crippen molar-refractivity contribution in [3.63, 3.8) is 0 Å². The molecule has 0 amide bonds. The molecule has 0 spiro atoms. The highest BCUT2D eigenvalue weighted by molar-refractivity contribution is 6.16. The van der Waals surface area contributed by atoms with Crippen molar-refractivity contribution >= 4 is 22.9 Å². The van der Waals surface area contributed by atoms with E-state index in [2.05, 4.69) is 4.98 Å². The van der Waals surface area contributed by atoms with Gasteiger partial charge in [-0.2, -0.15) is 0 Å². The Balaban J connectivity index is 1.90. The quantitative estimate of drug-likeness (QED) is 0.183. The van der Waals surface area contributed by atoms with Crippen molar-refractivity contribution in [2.45, 2.75) is 6.92 Å². The highest BCUT2D eigenvalue weighted by Crippen LogP contribution is 2.34. The molecule has 178 valence electrons. The van der Waals surface area contributed by atoms with E-state index in [1.54, 1.807) is 19.1 Å². The molecular formula is C26H17N3O7. The summed E-state index contributed by atoms with van der Waals surface area (Å²) in [6, 6.07) is 18.3. The molecule has 0 fully saturated rings. The first-order valence-electron chi connectivity index (χ1n) is 10.6. The summed E-state index contributed by atoms with van der Waals surface area (Å²) in [5.41, 5.74) is 0.00168. The number of nitro benzene ring substituents is 2. The minimum Gasteiger partial charge on any atom is -0.437 e. The Kier molecular flexibility index (Phi) is 6.59. The lowest BCUT2D eigenvalue weighted by molar-refractivity contribution is -0.385. The smallest absolute Gasteiger partial charge is 0.270 e. The van der Waals surface area contributed by atoms with Crippen molar-refractivity contribution in [1.29, 1.82) is 0 Å². The van der Waals surface area contributed by atoms with Gasteiger partial charge in [0.05, 0.1) is 21.0 Å². The predicted molar refractivity (Wildman–Crippen MR) is 129 cm³/mol. The topological polar surface area (TPSA) is 143 Å². The Bertz CT molecular complexity index is 1430. The number of non-ortho nitro benzene ring substituents is 2. The lowest BCUT2D eigenvalue weighted by Crippen LogP contribution is -2.11. The Morgan fingerprint density at radius 3 is 1.72 bits per heavy atom. The molecular weight excluding hydrogens is 466 g/mol. The molecule has 1 heterocycles. The van der Waals surface area contributed by atoms with E-state index in [4.69, 9.17) is 4.74 Å².